The average Bonchev–Trinajstić information content (AvgIpc) is 3.01. The van der Waals surface area contributed by atoms with Gasteiger partial charge in [-0.05, 0) is 35.7 Å². The SMILES string of the molecule is Cc1ccc(S(=O)(=O)OC[C@H](OCc2ccccc2)C(OCc2ccccc2)[C@H](CO)OCc2ccccc2)cc1. The molecule has 1 N–H and O–H groups in total. The van der Waals surface area contributed by atoms with Crippen molar-refractivity contribution in [2.24, 2.45) is 0 Å². The van der Waals surface area contributed by atoms with Crippen LogP contribution >= 0.6 is 0 Å². The third-order valence-electron chi connectivity index (χ3n) is 6.51. The normalized spacial score (nSPS) is 13.9. The quantitative estimate of drug-likeness (QED) is 0.177. The molecule has 0 saturated heterocycles. The first-order valence-corrected chi connectivity index (χ1v) is 14.9. The van der Waals surface area contributed by atoms with Gasteiger partial charge in [-0.2, -0.15) is 8.42 Å². The van der Waals surface area contributed by atoms with Gasteiger partial charge in [0.05, 0.1) is 37.9 Å². The summed E-state index contributed by atoms with van der Waals surface area (Å²) in [5, 5.41) is 10.4. The minimum absolute atomic E-state index is 0.0469. The van der Waals surface area contributed by atoms with Crippen LogP contribution < -0.4 is 0 Å². The Morgan fingerprint density at radius 3 is 1.51 bits per heavy atom. The molecule has 4 rings (SSSR count). The van der Waals surface area contributed by atoms with Crippen molar-refractivity contribution in [3.8, 4) is 0 Å². The van der Waals surface area contributed by atoms with Crippen molar-refractivity contribution in [3.05, 3.63) is 138 Å². The number of benzene rings is 4. The third-order valence-corrected chi connectivity index (χ3v) is 7.80. The molecule has 216 valence electrons. The Bertz CT molecular complexity index is 1400. The predicted octanol–water partition coefficient (Wildman–Crippen LogP) is 5.45. The lowest BCUT2D eigenvalue weighted by Gasteiger charge is -2.32. The van der Waals surface area contributed by atoms with E-state index in [0.717, 1.165) is 22.3 Å². The highest BCUT2D eigenvalue weighted by molar-refractivity contribution is 7.86. The van der Waals surface area contributed by atoms with Gasteiger partial charge in [0.2, 0.25) is 0 Å². The van der Waals surface area contributed by atoms with Gasteiger partial charge in [0.15, 0.2) is 0 Å². The molecule has 1 unspecified atom stereocenters. The number of rotatable bonds is 16. The van der Waals surface area contributed by atoms with Gasteiger partial charge >= 0.3 is 0 Å². The maximum absolute atomic E-state index is 13.1. The molecule has 7 nitrogen and oxygen atoms in total. The molecule has 0 heterocycles. The van der Waals surface area contributed by atoms with Crippen molar-refractivity contribution in [2.45, 2.75) is 50.0 Å². The molecule has 3 atom stereocenters. The van der Waals surface area contributed by atoms with E-state index in [1.807, 2.05) is 97.9 Å². The van der Waals surface area contributed by atoms with Crippen LogP contribution in [0.25, 0.3) is 0 Å². The highest BCUT2D eigenvalue weighted by atomic mass is 32.2. The van der Waals surface area contributed by atoms with Crippen LogP contribution in [0.1, 0.15) is 22.3 Å². The van der Waals surface area contributed by atoms with Crippen LogP contribution in [0.2, 0.25) is 0 Å². The number of ether oxygens (including phenoxy) is 3. The van der Waals surface area contributed by atoms with Gasteiger partial charge in [-0.3, -0.25) is 4.18 Å². The van der Waals surface area contributed by atoms with Gasteiger partial charge in [-0.15, -0.1) is 0 Å². The van der Waals surface area contributed by atoms with E-state index in [4.69, 9.17) is 18.4 Å². The van der Waals surface area contributed by atoms with Crippen LogP contribution in [0, 0.1) is 6.92 Å². The number of aliphatic hydroxyl groups excluding tert-OH is 1. The number of hydrogen-bond donors (Lipinski definition) is 1. The van der Waals surface area contributed by atoms with Gasteiger partial charge in [0, 0.05) is 0 Å². The second kappa shape index (κ2) is 15.6. The van der Waals surface area contributed by atoms with Crippen LogP contribution in [-0.2, 0) is 48.3 Å². The van der Waals surface area contributed by atoms with Gasteiger partial charge in [0.25, 0.3) is 10.1 Å². The lowest BCUT2D eigenvalue weighted by Crippen LogP contribution is -2.47. The molecule has 0 bridgehead atoms. The minimum atomic E-state index is -4.08. The topological polar surface area (TPSA) is 91.3 Å². The lowest BCUT2D eigenvalue weighted by atomic mass is 10.1. The highest BCUT2D eigenvalue weighted by Gasteiger charge is 2.34. The monoisotopic (exact) mass is 576 g/mol. The van der Waals surface area contributed by atoms with Crippen LogP contribution in [0.3, 0.4) is 0 Å². The Morgan fingerprint density at radius 1 is 0.610 bits per heavy atom. The average molecular weight is 577 g/mol. The molecule has 0 aliphatic heterocycles. The van der Waals surface area contributed by atoms with Crippen molar-refractivity contribution in [1.82, 2.24) is 0 Å². The van der Waals surface area contributed by atoms with Crippen LogP contribution in [0.5, 0.6) is 0 Å². The van der Waals surface area contributed by atoms with Crippen LogP contribution in [0.15, 0.2) is 120 Å². The van der Waals surface area contributed by atoms with E-state index in [1.165, 1.54) is 12.1 Å². The van der Waals surface area contributed by atoms with E-state index in [9.17, 15) is 13.5 Å². The first-order valence-electron chi connectivity index (χ1n) is 13.5. The molecule has 4 aromatic carbocycles. The summed E-state index contributed by atoms with van der Waals surface area (Å²) in [6.45, 7) is 1.78. The van der Waals surface area contributed by atoms with Crippen molar-refractivity contribution in [2.75, 3.05) is 13.2 Å². The van der Waals surface area contributed by atoms with E-state index in [0.29, 0.717) is 0 Å². The largest absolute Gasteiger partial charge is 0.394 e. The molecule has 0 radical (unpaired) electrons. The second-order valence-electron chi connectivity index (χ2n) is 9.67. The molecule has 0 aromatic heterocycles. The van der Waals surface area contributed by atoms with Gasteiger partial charge in [-0.25, -0.2) is 0 Å². The van der Waals surface area contributed by atoms with Gasteiger partial charge < -0.3 is 19.3 Å². The molecule has 0 aliphatic rings. The Balaban J connectivity index is 1.58. The fraction of sp³-hybridized carbons (Fsp3) is 0.273. The standard InChI is InChI=1S/C33H36O7S/c1-26-17-19-30(20-18-26)41(35,36)40-25-32(38-23-28-13-7-3-8-14-28)33(39-24-29-15-9-4-10-16-29)31(21-34)37-22-27-11-5-2-6-12-27/h2-20,31-34H,21-25H2,1H3/t31-,32-,33?/m0/s1. The Morgan fingerprint density at radius 2 is 1.05 bits per heavy atom. The van der Waals surface area contributed by atoms with Gasteiger partial charge in [0.1, 0.15) is 18.3 Å². The van der Waals surface area contributed by atoms with Gasteiger partial charge in [-0.1, -0.05) is 109 Å². The molecule has 8 heteroatoms. The summed E-state index contributed by atoms with van der Waals surface area (Å²) >= 11 is 0. The molecule has 0 amide bonds. The Kier molecular flexibility index (Phi) is 11.6. The summed E-state index contributed by atoms with van der Waals surface area (Å²) in [4.78, 5) is 0.0469. The summed E-state index contributed by atoms with van der Waals surface area (Å²) in [6, 6.07) is 35.1. The van der Waals surface area contributed by atoms with Crippen LogP contribution in [-0.4, -0.2) is 45.0 Å². The first kappa shape index (κ1) is 30.6. The van der Waals surface area contributed by atoms with E-state index in [-0.39, 0.29) is 37.9 Å². The summed E-state index contributed by atoms with van der Waals surface area (Å²) in [6.07, 6.45) is -2.58. The lowest BCUT2D eigenvalue weighted by molar-refractivity contribution is -0.168. The molecular formula is C33H36O7S. The molecule has 0 fully saturated rings. The fourth-order valence-electron chi connectivity index (χ4n) is 4.19. The summed E-state index contributed by atoms with van der Waals surface area (Å²) in [5.74, 6) is 0. The van der Waals surface area contributed by atoms with Crippen molar-refractivity contribution >= 4 is 10.1 Å². The maximum atomic E-state index is 13.1. The van der Waals surface area contributed by atoms with E-state index in [2.05, 4.69) is 0 Å². The fourth-order valence-corrected chi connectivity index (χ4v) is 5.11. The predicted molar refractivity (Wildman–Crippen MR) is 156 cm³/mol. The zero-order valence-corrected chi connectivity index (χ0v) is 23.9. The summed E-state index contributed by atoms with van der Waals surface area (Å²) in [7, 11) is -4.08. The smallest absolute Gasteiger partial charge is 0.297 e. The molecule has 41 heavy (non-hydrogen) atoms. The highest BCUT2D eigenvalue weighted by Crippen LogP contribution is 2.21. The maximum Gasteiger partial charge on any atom is 0.297 e. The minimum Gasteiger partial charge on any atom is -0.394 e. The zero-order valence-electron chi connectivity index (χ0n) is 23.0. The number of hydrogen-bond acceptors (Lipinski definition) is 7. The summed E-state index contributed by atoms with van der Waals surface area (Å²) < 4.78 is 50.4. The van der Waals surface area contributed by atoms with Crippen molar-refractivity contribution in [1.29, 1.82) is 0 Å². The van der Waals surface area contributed by atoms with E-state index >= 15 is 0 Å². The second-order valence-corrected chi connectivity index (χ2v) is 11.3. The zero-order chi connectivity index (χ0) is 28.9. The molecule has 0 spiro atoms. The first-order chi connectivity index (χ1) is 19.9. The molecule has 4 aromatic rings. The Labute approximate surface area is 242 Å². The molecule has 0 aliphatic carbocycles. The van der Waals surface area contributed by atoms with E-state index in [1.54, 1.807) is 12.1 Å². The molecular weight excluding hydrogens is 540 g/mol. The van der Waals surface area contributed by atoms with Crippen molar-refractivity contribution in [3.63, 3.8) is 0 Å². The molecule has 0 saturated carbocycles. The van der Waals surface area contributed by atoms with E-state index < -0.39 is 28.4 Å². The number of aryl methyl sites for hydroxylation is 1. The van der Waals surface area contributed by atoms with Crippen molar-refractivity contribution < 1.29 is 31.9 Å². The number of aliphatic hydroxyl groups is 1. The Hall–Kier alpha value is -3.37. The van der Waals surface area contributed by atoms with Crippen LogP contribution in [0.4, 0.5) is 0 Å². The third kappa shape index (κ3) is 9.60. The summed E-state index contributed by atoms with van der Waals surface area (Å²) in [5.41, 5.74) is 3.66.